The summed E-state index contributed by atoms with van der Waals surface area (Å²) in [6.07, 6.45) is -4.99. The van der Waals surface area contributed by atoms with Crippen molar-refractivity contribution in [2.75, 3.05) is 5.32 Å². The Morgan fingerprint density at radius 3 is 2.29 bits per heavy atom. The molecule has 1 amide bonds. The number of hydrogen-bond donors (Lipinski definition) is 5. The quantitative estimate of drug-likeness (QED) is 0.334. The van der Waals surface area contributed by atoms with E-state index in [4.69, 9.17) is 0 Å². The number of carbonyl (C=O) groups is 2. The van der Waals surface area contributed by atoms with Gasteiger partial charge in [0.1, 0.15) is 6.04 Å². The number of carboxylic acid groups (broad SMARTS) is 1. The molecule has 1 aromatic heterocycles. The highest BCUT2D eigenvalue weighted by Gasteiger charge is 2.31. The van der Waals surface area contributed by atoms with Crippen molar-refractivity contribution in [1.82, 2.24) is 15.3 Å². The number of rotatable bonds is 8. The summed E-state index contributed by atoms with van der Waals surface area (Å²) in [4.78, 5) is 31.4. The standard InChI is InChI=1S/C22H19F3N4O5/c23-22(24,25)14-8-4-7-13(9-14)10-15(20(33)34)27-21-28-16(17(30)19(32)29-21)18(31)26-11-12-5-2-1-3-6-12/h1-9,15,30H,10-11H2,(H,26,31)(H,33,34)(H2,27,28,29,32)/t15-/m0/s1. The number of nitrogens with zero attached hydrogens (tertiary/aromatic N) is 2. The van der Waals surface area contributed by atoms with Crippen molar-refractivity contribution in [2.24, 2.45) is 0 Å². The molecular formula is C22H19F3N4O5. The Bertz CT molecular complexity index is 1190. The molecule has 0 aliphatic heterocycles. The highest BCUT2D eigenvalue weighted by atomic mass is 19.4. The van der Waals surface area contributed by atoms with Gasteiger partial charge in [-0.15, -0.1) is 0 Å². The number of aromatic hydroxyl groups is 2. The molecule has 3 rings (SSSR count). The summed E-state index contributed by atoms with van der Waals surface area (Å²) in [7, 11) is 0. The molecule has 0 radical (unpaired) electrons. The van der Waals surface area contributed by atoms with Gasteiger partial charge in [-0.3, -0.25) is 4.79 Å². The van der Waals surface area contributed by atoms with Gasteiger partial charge in [0.25, 0.3) is 11.8 Å². The van der Waals surface area contributed by atoms with Gasteiger partial charge in [-0.2, -0.15) is 18.2 Å². The lowest BCUT2D eigenvalue weighted by Gasteiger charge is -2.16. The Labute approximate surface area is 190 Å². The van der Waals surface area contributed by atoms with E-state index in [1.807, 2.05) is 0 Å². The molecule has 178 valence electrons. The van der Waals surface area contributed by atoms with Gasteiger partial charge in [-0.1, -0.05) is 48.5 Å². The average Bonchev–Trinajstić information content (AvgIpc) is 2.79. The number of carbonyl (C=O) groups excluding carboxylic acids is 1. The molecule has 3 aromatic rings. The summed E-state index contributed by atoms with van der Waals surface area (Å²) in [6, 6.07) is 11.4. The normalized spacial score (nSPS) is 12.1. The lowest BCUT2D eigenvalue weighted by molar-refractivity contribution is -0.138. The molecule has 0 fully saturated rings. The van der Waals surface area contributed by atoms with E-state index < -0.39 is 52.9 Å². The number of aromatic nitrogens is 2. The van der Waals surface area contributed by atoms with Gasteiger partial charge in [0.05, 0.1) is 5.56 Å². The predicted molar refractivity (Wildman–Crippen MR) is 113 cm³/mol. The molecule has 0 bridgehead atoms. The van der Waals surface area contributed by atoms with Gasteiger partial charge in [0.2, 0.25) is 11.7 Å². The molecule has 34 heavy (non-hydrogen) atoms. The monoisotopic (exact) mass is 476 g/mol. The maximum Gasteiger partial charge on any atom is 0.416 e. The lowest BCUT2D eigenvalue weighted by atomic mass is 10.0. The van der Waals surface area contributed by atoms with Crippen LogP contribution in [0.2, 0.25) is 0 Å². The van der Waals surface area contributed by atoms with Gasteiger partial charge < -0.3 is 26.0 Å². The van der Waals surface area contributed by atoms with Gasteiger partial charge in [0, 0.05) is 13.0 Å². The number of hydrogen-bond acceptors (Lipinski definition) is 7. The molecule has 1 heterocycles. The van der Waals surface area contributed by atoms with Crippen LogP contribution >= 0.6 is 0 Å². The SMILES string of the molecule is O=C(NCc1ccccc1)c1nc(N[C@@H](Cc2cccc(C(F)(F)F)c2)C(=O)O)nc(O)c1O. The number of amides is 1. The Morgan fingerprint density at radius 1 is 0.971 bits per heavy atom. The number of nitrogens with one attached hydrogen (secondary N) is 2. The third kappa shape index (κ3) is 6.12. The minimum Gasteiger partial charge on any atom is -0.501 e. The van der Waals surface area contributed by atoms with Crippen molar-refractivity contribution in [1.29, 1.82) is 0 Å². The van der Waals surface area contributed by atoms with Gasteiger partial charge in [0.15, 0.2) is 5.69 Å². The lowest BCUT2D eigenvalue weighted by Crippen LogP contribution is -2.33. The van der Waals surface area contributed by atoms with E-state index in [-0.39, 0.29) is 18.5 Å². The van der Waals surface area contributed by atoms with E-state index in [1.165, 1.54) is 6.07 Å². The molecule has 2 aromatic carbocycles. The van der Waals surface area contributed by atoms with Crippen molar-refractivity contribution >= 4 is 17.8 Å². The molecule has 0 unspecified atom stereocenters. The first-order valence-electron chi connectivity index (χ1n) is 9.82. The first-order chi connectivity index (χ1) is 16.0. The molecule has 12 heteroatoms. The van der Waals surface area contributed by atoms with E-state index in [9.17, 15) is 38.1 Å². The summed E-state index contributed by atoms with van der Waals surface area (Å²) in [6.45, 7) is 0.0833. The highest BCUT2D eigenvalue weighted by Crippen LogP contribution is 2.30. The number of benzene rings is 2. The maximum absolute atomic E-state index is 12.9. The molecule has 0 saturated carbocycles. The summed E-state index contributed by atoms with van der Waals surface area (Å²) in [5.41, 5.74) is -0.739. The van der Waals surface area contributed by atoms with E-state index in [2.05, 4.69) is 20.6 Å². The van der Waals surface area contributed by atoms with Crippen LogP contribution in [0.4, 0.5) is 19.1 Å². The van der Waals surface area contributed by atoms with Crippen LogP contribution in [0.3, 0.4) is 0 Å². The number of aliphatic carboxylic acids is 1. The Kier molecular flexibility index (Phi) is 7.19. The zero-order valence-electron chi connectivity index (χ0n) is 17.4. The summed E-state index contributed by atoms with van der Waals surface area (Å²) >= 11 is 0. The second-order valence-corrected chi connectivity index (χ2v) is 7.17. The second-order valence-electron chi connectivity index (χ2n) is 7.17. The van der Waals surface area contributed by atoms with E-state index in [0.29, 0.717) is 0 Å². The van der Waals surface area contributed by atoms with Gasteiger partial charge in [-0.25, -0.2) is 9.78 Å². The fourth-order valence-electron chi connectivity index (χ4n) is 2.99. The minimum atomic E-state index is -4.60. The van der Waals surface area contributed by atoms with Crippen molar-refractivity contribution < 1.29 is 38.1 Å². The third-order valence-electron chi connectivity index (χ3n) is 4.67. The van der Waals surface area contributed by atoms with E-state index >= 15 is 0 Å². The molecule has 5 N–H and O–H groups in total. The Morgan fingerprint density at radius 2 is 1.65 bits per heavy atom. The summed E-state index contributed by atoms with van der Waals surface area (Å²) in [5.74, 6) is -4.72. The minimum absolute atomic E-state index is 0.0681. The second kappa shape index (κ2) is 10.1. The largest absolute Gasteiger partial charge is 0.501 e. The fraction of sp³-hybridized carbons (Fsp3) is 0.182. The summed E-state index contributed by atoms with van der Waals surface area (Å²) in [5, 5.41) is 34.2. The molecular weight excluding hydrogens is 457 g/mol. The average molecular weight is 476 g/mol. The van der Waals surface area contributed by atoms with Crippen molar-refractivity contribution in [2.45, 2.75) is 25.2 Å². The molecule has 0 spiro atoms. The number of alkyl halides is 3. The molecule has 9 nitrogen and oxygen atoms in total. The van der Waals surface area contributed by atoms with Crippen LogP contribution in [0.15, 0.2) is 54.6 Å². The first-order valence-corrected chi connectivity index (χ1v) is 9.82. The number of carboxylic acids is 1. The highest BCUT2D eigenvalue weighted by molar-refractivity contribution is 5.95. The van der Waals surface area contributed by atoms with Crippen molar-refractivity contribution in [3.63, 3.8) is 0 Å². The van der Waals surface area contributed by atoms with Crippen LogP contribution in [-0.4, -0.2) is 43.2 Å². The molecule has 0 aliphatic carbocycles. The number of halogens is 3. The van der Waals surface area contributed by atoms with Crippen LogP contribution in [0, 0.1) is 0 Å². The molecule has 0 aliphatic rings. The van der Waals surface area contributed by atoms with Crippen LogP contribution in [0.5, 0.6) is 11.6 Å². The van der Waals surface area contributed by atoms with Gasteiger partial charge >= 0.3 is 12.1 Å². The fourth-order valence-corrected chi connectivity index (χ4v) is 2.99. The molecule has 0 saturated heterocycles. The Balaban J connectivity index is 1.79. The third-order valence-corrected chi connectivity index (χ3v) is 4.67. The number of anilines is 1. The van der Waals surface area contributed by atoms with Crippen LogP contribution in [-0.2, 0) is 23.9 Å². The van der Waals surface area contributed by atoms with Crippen molar-refractivity contribution in [3.8, 4) is 11.6 Å². The zero-order chi connectivity index (χ0) is 24.9. The predicted octanol–water partition coefficient (Wildman–Crippen LogP) is 2.94. The van der Waals surface area contributed by atoms with Crippen LogP contribution < -0.4 is 10.6 Å². The van der Waals surface area contributed by atoms with Crippen molar-refractivity contribution in [3.05, 3.63) is 77.0 Å². The molecule has 1 atom stereocenters. The summed E-state index contributed by atoms with van der Waals surface area (Å²) < 4.78 is 38.8. The van der Waals surface area contributed by atoms with Crippen LogP contribution in [0.25, 0.3) is 0 Å². The Hall–Kier alpha value is -4.35. The van der Waals surface area contributed by atoms with E-state index in [0.717, 1.165) is 23.8 Å². The van der Waals surface area contributed by atoms with E-state index in [1.54, 1.807) is 30.3 Å². The smallest absolute Gasteiger partial charge is 0.416 e. The first kappa shape index (κ1) is 24.3. The maximum atomic E-state index is 12.9. The zero-order valence-corrected chi connectivity index (χ0v) is 17.4. The topological polar surface area (TPSA) is 145 Å². The van der Waals surface area contributed by atoms with Crippen LogP contribution in [0.1, 0.15) is 27.2 Å². The van der Waals surface area contributed by atoms with Gasteiger partial charge in [-0.05, 0) is 17.2 Å².